The Hall–Kier alpha value is -0.120. The van der Waals surface area contributed by atoms with Gasteiger partial charge in [-0.15, -0.1) is 0 Å². The fourth-order valence-electron chi connectivity index (χ4n) is 2.38. The van der Waals surface area contributed by atoms with E-state index in [-0.39, 0.29) is 0 Å². The van der Waals surface area contributed by atoms with Gasteiger partial charge in [0.15, 0.2) is 0 Å². The average Bonchev–Trinajstić information content (AvgIpc) is 2.29. The van der Waals surface area contributed by atoms with Crippen molar-refractivity contribution in [1.29, 1.82) is 0 Å². The lowest BCUT2D eigenvalue weighted by Crippen LogP contribution is -2.46. The molecule has 0 radical (unpaired) electrons. The fourth-order valence-corrected chi connectivity index (χ4v) is 2.38. The molecular formula is C13H27NO2. The summed E-state index contributed by atoms with van der Waals surface area (Å²) >= 11 is 0. The highest BCUT2D eigenvalue weighted by Crippen LogP contribution is 2.21. The van der Waals surface area contributed by atoms with E-state index in [2.05, 4.69) is 19.2 Å². The number of hydrogen-bond acceptors (Lipinski definition) is 3. The van der Waals surface area contributed by atoms with E-state index in [0.717, 1.165) is 6.61 Å². The molecule has 1 unspecified atom stereocenters. The van der Waals surface area contributed by atoms with Crippen LogP contribution in [0.1, 0.15) is 39.5 Å². The smallest absolute Gasteiger partial charge is 0.0618 e. The lowest BCUT2D eigenvalue weighted by molar-refractivity contribution is 0.0565. The monoisotopic (exact) mass is 229 g/mol. The largest absolute Gasteiger partial charge is 0.383 e. The summed E-state index contributed by atoms with van der Waals surface area (Å²) in [6, 6.07) is 1.13. The van der Waals surface area contributed by atoms with Gasteiger partial charge in [-0.25, -0.2) is 0 Å². The van der Waals surface area contributed by atoms with E-state index in [1.807, 2.05) is 7.11 Å². The number of methoxy groups -OCH3 is 2. The van der Waals surface area contributed by atoms with E-state index in [9.17, 15) is 0 Å². The molecule has 0 heterocycles. The second kappa shape index (κ2) is 7.25. The third-order valence-corrected chi connectivity index (χ3v) is 3.61. The highest BCUT2D eigenvalue weighted by atomic mass is 16.5. The highest BCUT2D eigenvalue weighted by Gasteiger charge is 2.23. The third kappa shape index (κ3) is 4.40. The van der Waals surface area contributed by atoms with Crippen molar-refractivity contribution >= 4 is 0 Å². The van der Waals surface area contributed by atoms with Crippen molar-refractivity contribution in [3.05, 3.63) is 0 Å². The van der Waals surface area contributed by atoms with Crippen LogP contribution in [0.3, 0.4) is 0 Å². The first kappa shape index (κ1) is 13.9. The zero-order chi connectivity index (χ0) is 12.0. The van der Waals surface area contributed by atoms with E-state index in [4.69, 9.17) is 9.47 Å². The lowest BCUT2D eigenvalue weighted by atomic mass is 9.91. The van der Waals surface area contributed by atoms with Gasteiger partial charge in [0.05, 0.1) is 12.7 Å². The summed E-state index contributed by atoms with van der Waals surface area (Å²) in [5, 5.41) is 3.72. The second-order valence-corrected chi connectivity index (χ2v) is 5.18. The summed E-state index contributed by atoms with van der Waals surface area (Å²) in [6.45, 7) is 5.30. The third-order valence-electron chi connectivity index (χ3n) is 3.61. The van der Waals surface area contributed by atoms with Crippen LogP contribution >= 0.6 is 0 Å². The van der Waals surface area contributed by atoms with Gasteiger partial charge in [-0.05, 0) is 31.6 Å². The minimum absolute atomic E-state index is 0.481. The SMILES string of the molecule is COCC(NC1CCC(OC)CC1)C(C)C. The Morgan fingerprint density at radius 1 is 1.12 bits per heavy atom. The van der Waals surface area contributed by atoms with Crippen molar-refractivity contribution in [1.82, 2.24) is 5.32 Å². The van der Waals surface area contributed by atoms with Crippen LogP contribution in [0.5, 0.6) is 0 Å². The molecule has 0 aliphatic heterocycles. The van der Waals surface area contributed by atoms with Crippen LogP contribution in [0.15, 0.2) is 0 Å². The molecular weight excluding hydrogens is 202 g/mol. The summed E-state index contributed by atoms with van der Waals surface area (Å²) in [5.41, 5.74) is 0. The van der Waals surface area contributed by atoms with E-state index < -0.39 is 0 Å². The minimum atomic E-state index is 0.481. The van der Waals surface area contributed by atoms with Crippen molar-refractivity contribution in [2.24, 2.45) is 5.92 Å². The molecule has 96 valence electrons. The molecule has 1 atom stereocenters. The van der Waals surface area contributed by atoms with Crippen molar-refractivity contribution in [2.75, 3.05) is 20.8 Å². The van der Waals surface area contributed by atoms with Crippen molar-refractivity contribution in [3.63, 3.8) is 0 Å². The van der Waals surface area contributed by atoms with Crippen LogP contribution in [-0.2, 0) is 9.47 Å². The Labute approximate surface area is 99.9 Å². The number of hydrogen-bond donors (Lipinski definition) is 1. The van der Waals surface area contributed by atoms with Crippen LogP contribution in [0.4, 0.5) is 0 Å². The summed E-state index contributed by atoms with van der Waals surface area (Å²) in [5.74, 6) is 0.625. The molecule has 3 heteroatoms. The lowest BCUT2D eigenvalue weighted by Gasteiger charge is -2.32. The maximum absolute atomic E-state index is 5.39. The van der Waals surface area contributed by atoms with Crippen LogP contribution < -0.4 is 5.32 Å². The van der Waals surface area contributed by atoms with Crippen molar-refractivity contribution in [2.45, 2.75) is 57.7 Å². The Morgan fingerprint density at radius 2 is 1.75 bits per heavy atom. The molecule has 1 N–H and O–H groups in total. The molecule has 1 aliphatic carbocycles. The average molecular weight is 229 g/mol. The molecule has 0 aromatic rings. The fraction of sp³-hybridized carbons (Fsp3) is 1.00. The van der Waals surface area contributed by atoms with Gasteiger partial charge >= 0.3 is 0 Å². The molecule has 0 aromatic carbocycles. The maximum Gasteiger partial charge on any atom is 0.0618 e. The standard InChI is InChI=1S/C13H27NO2/c1-10(2)13(9-15-3)14-11-5-7-12(16-4)8-6-11/h10-14H,5-9H2,1-4H3. The first-order valence-corrected chi connectivity index (χ1v) is 6.45. The second-order valence-electron chi connectivity index (χ2n) is 5.18. The Morgan fingerprint density at radius 3 is 2.19 bits per heavy atom. The molecule has 0 bridgehead atoms. The van der Waals surface area contributed by atoms with Gasteiger partial charge in [-0.2, -0.15) is 0 Å². The van der Waals surface area contributed by atoms with Crippen LogP contribution in [0.25, 0.3) is 0 Å². The summed E-state index contributed by atoms with van der Waals surface area (Å²) in [6.07, 6.45) is 5.31. The van der Waals surface area contributed by atoms with E-state index in [1.165, 1.54) is 25.7 Å². The van der Waals surface area contributed by atoms with Gasteiger partial charge < -0.3 is 14.8 Å². The predicted molar refractivity (Wildman–Crippen MR) is 66.7 cm³/mol. The van der Waals surface area contributed by atoms with Gasteiger partial charge in [0.25, 0.3) is 0 Å². The molecule has 0 aromatic heterocycles. The van der Waals surface area contributed by atoms with Crippen LogP contribution in [0.2, 0.25) is 0 Å². The van der Waals surface area contributed by atoms with Gasteiger partial charge in [0, 0.05) is 26.3 Å². The molecule has 1 rings (SSSR count). The first-order valence-electron chi connectivity index (χ1n) is 6.45. The quantitative estimate of drug-likeness (QED) is 0.757. The topological polar surface area (TPSA) is 30.5 Å². The zero-order valence-corrected chi connectivity index (χ0v) is 11.2. The molecule has 0 amide bonds. The van der Waals surface area contributed by atoms with Crippen LogP contribution in [0, 0.1) is 5.92 Å². The maximum atomic E-state index is 5.39. The zero-order valence-electron chi connectivity index (χ0n) is 11.2. The van der Waals surface area contributed by atoms with Gasteiger partial charge in [0.1, 0.15) is 0 Å². The van der Waals surface area contributed by atoms with Crippen molar-refractivity contribution < 1.29 is 9.47 Å². The predicted octanol–water partition coefficient (Wildman–Crippen LogP) is 2.20. The van der Waals surface area contributed by atoms with Crippen LogP contribution in [-0.4, -0.2) is 39.0 Å². The minimum Gasteiger partial charge on any atom is -0.383 e. The summed E-state index contributed by atoms with van der Waals surface area (Å²) in [4.78, 5) is 0. The summed E-state index contributed by atoms with van der Waals surface area (Å²) < 4.78 is 10.6. The van der Waals surface area contributed by atoms with E-state index >= 15 is 0 Å². The molecule has 0 spiro atoms. The normalized spacial score (nSPS) is 28.3. The summed E-state index contributed by atoms with van der Waals surface area (Å²) in [7, 11) is 3.60. The molecule has 0 saturated heterocycles. The van der Waals surface area contributed by atoms with Crippen molar-refractivity contribution in [3.8, 4) is 0 Å². The molecule has 1 fully saturated rings. The molecule has 1 saturated carbocycles. The molecule has 16 heavy (non-hydrogen) atoms. The van der Waals surface area contributed by atoms with E-state index in [0.29, 0.717) is 24.1 Å². The number of nitrogens with one attached hydrogen (secondary N) is 1. The Balaban J connectivity index is 2.30. The Kier molecular flexibility index (Phi) is 6.32. The number of ether oxygens (including phenoxy) is 2. The van der Waals surface area contributed by atoms with Gasteiger partial charge in [-0.3, -0.25) is 0 Å². The molecule has 3 nitrogen and oxygen atoms in total. The molecule has 1 aliphatic rings. The number of rotatable bonds is 6. The first-order chi connectivity index (χ1) is 7.67. The van der Waals surface area contributed by atoms with E-state index in [1.54, 1.807) is 7.11 Å². The Bertz CT molecular complexity index is 177. The van der Waals surface area contributed by atoms with Gasteiger partial charge in [-0.1, -0.05) is 13.8 Å². The highest BCUT2D eigenvalue weighted by molar-refractivity contribution is 4.82. The van der Waals surface area contributed by atoms with Gasteiger partial charge in [0.2, 0.25) is 0 Å².